The van der Waals surface area contributed by atoms with E-state index in [0.29, 0.717) is 5.69 Å². The number of benzene rings is 1. The number of aryl methyl sites for hydroxylation is 1. The van der Waals surface area contributed by atoms with Crippen LogP contribution >= 0.6 is 15.9 Å². The molecule has 0 aliphatic rings. The first kappa shape index (κ1) is 16.2. The summed E-state index contributed by atoms with van der Waals surface area (Å²) in [7, 11) is 1.31. The molecule has 6 nitrogen and oxygen atoms in total. The average Bonchev–Trinajstić information content (AvgIpc) is 2.94. The van der Waals surface area contributed by atoms with E-state index in [4.69, 9.17) is 4.52 Å². The summed E-state index contributed by atoms with van der Waals surface area (Å²) in [6, 6.07) is 8.34. The summed E-state index contributed by atoms with van der Waals surface area (Å²) in [5.74, 6) is -0.746. The number of methoxy groups -OCH3 is 1. The Morgan fingerprint density at radius 1 is 1.36 bits per heavy atom. The molecule has 0 fully saturated rings. The molecule has 2 aromatic rings. The fraction of sp³-hybridized carbons (Fsp3) is 0.267. The molecule has 22 heavy (non-hydrogen) atoms. The van der Waals surface area contributed by atoms with Crippen molar-refractivity contribution in [3.63, 3.8) is 0 Å². The highest BCUT2D eigenvalue weighted by Gasteiger charge is 2.21. The van der Waals surface area contributed by atoms with Crippen LogP contribution in [0.1, 0.15) is 34.3 Å². The van der Waals surface area contributed by atoms with E-state index in [9.17, 15) is 9.59 Å². The minimum atomic E-state index is -0.515. The van der Waals surface area contributed by atoms with Gasteiger partial charge in [0.1, 0.15) is 0 Å². The lowest BCUT2D eigenvalue weighted by Gasteiger charge is -2.17. The topological polar surface area (TPSA) is 81.4 Å². The van der Waals surface area contributed by atoms with Gasteiger partial charge in [-0.2, -0.15) is 0 Å². The summed E-state index contributed by atoms with van der Waals surface area (Å²) in [5.41, 5.74) is 1.40. The number of amides is 1. The van der Waals surface area contributed by atoms with Crippen LogP contribution in [0.15, 0.2) is 39.3 Å². The number of ether oxygens (including phenoxy) is 1. The summed E-state index contributed by atoms with van der Waals surface area (Å²) in [5, 5.41) is 6.43. The molecule has 0 spiro atoms. The van der Waals surface area contributed by atoms with Gasteiger partial charge in [-0.05, 0) is 24.6 Å². The molecule has 0 saturated carbocycles. The first-order chi connectivity index (χ1) is 10.5. The van der Waals surface area contributed by atoms with E-state index in [1.165, 1.54) is 13.2 Å². The molecule has 1 aromatic heterocycles. The van der Waals surface area contributed by atoms with Gasteiger partial charge in [-0.1, -0.05) is 33.2 Å². The van der Waals surface area contributed by atoms with Crippen LogP contribution in [0.2, 0.25) is 0 Å². The number of carbonyl (C=O) groups is 2. The van der Waals surface area contributed by atoms with E-state index >= 15 is 0 Å². The summed E-state index contributed by atoms with van der Waals surface area (Å²) in [6.45, 7) is 1.72. The highest BCUT2D eigenvalue weighted by atomic mass is 79.9. The Hall–Kier alpha value is -2.15. The van der Waals surface area contributed by atoms with Crippen LogP contribution in [0.5, 0.6) is 0 Å². The molecule has 0 aliphatic heterocycles. The van der Waals surface area contributed by atoms with Crippen molar-refractivity contribution in [1.82, 2.24) is 10.5 Å². The lowest BCUT2D eigenvalue weighted by molar-refractivity contribution is -0.141. The van der Waals surface area contributed by atoms with Gasteiger partial charge in [0.25, 0.3) is 5.91 Å². The van der Waals surface area contributed by atoms with E-state index in [1.54, 1.807) is 6.92 Å². The minimum absolute atomic E-state index is 0.0248. The van der Waals surface area contributed by atoms with Gasteiger partial charge in [-0.3, -0.25) is 9.59 Å². The molecule has 1 N–H and O–H groups in total. The second kappa shape index (κ2) is 7.22. The van der Waals surface area contributed by atoms with Gasteiger partial charge in [-0.25, -0.2) is 0 Å². The van der Waals surface area contributed by atoms with Crippen LogP contribution < -0.4 is 5.32 Å². The van der Waals surface area contributed by atoms with Gasteiger partial charge in [0.2, 0.25) is 5.76 Å². The van der Waals surface area contributed by atoms with Crippen molar-refractivity contribution in [2.75, 3.05) is 7.11 Å². The van der Waals surface area contributed by atoms with Gasteiger partial charge in [0, 0.05) is 10.5 Å². The Balaban J connectivity index is 2.18. The SMILES string of the molecule is COC(=O)CC(NC(=O)c1cc(C)no1)c1ccc(Br)cc1. The zero-order valence-electron chi connectivity index (χ0n) is 12.1. The van der Waals surface area contributed by atoms with E-state index in [1.807, 2.05) is 24.3 Å². The molecule has 7 heteroatoms. The Labute approximate surface area is 135 Å². The Bertz CT molecular complexity index is 666. The Morgan fingerprint density at radius 3 is 2.59 bits per heavy atom. The normalized spacial score (nSPS) is 11.8. The van der Waals surface area contributed by atoms with Crippen LogP contribution in [-0.4, -0.2) is 24.1 Å². The van der Waals surface area contributed by atoms with Crippen molar-refractivity contribution in [3.8, 4) is 0 Å². The van der Waals surface area contributed by atoms with Crippen molar-refractivity contribution >= 4 is 27.8 Å². The highest BCUT2D eigenvalue weighted by molar-refractivity contribution is 9.10. The van der Waals surface area contributed by atoms with E-state index in [-0.39, 0.29) is 12.2 Å². The van der Waals surface area contributed by atoms with E-state index in [2.05, 4.69) is 31.1 Å². The third kappa shape index (κ3) is 4.17. The molecule has 0 saturated heterocycles. The smallest absolute Gasteiger partial charge is 0.307 e. The molecule has 2 rings (SSSR count). The largest absolute Gasteiger partial charge is 0.469 e. The van der Waals surface area contributed by atoms with Crippen LogP contribution in [0.4, 0.5) is 0 Å². The number of rotatable bonds is 5. The molecule has 1 aromatic carbocycles. The van der Waals surface area contributed by atoms with Crippen molar-refractivity contribution in [2.24, 2.45) is 0 Å². The van der Waals surface area contributed by atoms with Gasteiger partial charge >= 0.3 is 5.97 Å². The zero-order valence-corrected chi connectivity index (χ0v) is 13.7. The molecule has 0 bridgehead atoms. The lowest BCUT2D eigenvalue weighted by atomic mass is 10.0. The number of aromatic nitrogens is 1. The second-order valence-electron chi connectivity index (χ2n) is 4.69. The summed E-state index contributed by atoms with van der Waals surface area (Å²) in [4.78, 5) is 23.7. The number of hydrogen-bond donors (Lipinski definition) is 1. The predicted molar refractivity (Wildman–Crippen MR) is 82.2 cm³/mol. The number of nitrogens with one attached hydrogen (secondary N) is 1. The fourth-order valence-corrected chi connectivity index (χ4v) is 2.16. The average molecular weight is 367 g/mol. The van der Waals surface area contributed by atoms with Gasteiger partial charge in [0.15, 0.2) is 0 Å². The van der Waals surface area contributed by atoms with Crippen molar-refractivity contribution in [3.05, 3.63) is 51.8 Å². The van der Waals surface area contributed by atoms with E-state index in [0.717, 1.165) is 10.0 Å². The first-order valence-electron chi connectivity index (χ1n) is 6.56. The van der Waals surface area contributed by atoms with Gasteiger partial charge in [-0.15, -0.1) is 0 Å². The predicted octanol–water partition coefficient (Wildman–Crippen LogP) is 2.78. The van der Waals surface area contributed by atoms with Gasteiger partial charge < -0.3 is 14.6 Å². The molecule has 1 heterocycles. The fourth-order valence-electron chi connectivity index (χ4n) is 1.90. The first-order valence-corrected chi connectivity index (χ1v) is 7.35. The quantitative estimate of drug-likeness (QED) is 0.822. The highest BCUT2D eigenvalue weighted by Crippen LogP contribution is 2.21. The molecule has 1 atom stereocenters. The number of esters is 1. The van der Waals surface area contributed by atoms with Crippen molar-refractivity contribution in [2.45, 2.75) is 19.4 Å². The van der Waals surface area contributed by atoms with E-state index < -0.39 is 17.9 Å². The third-order valence-corrected chi connectivity index (χ3v) is 3.56. The lowest BCUT2D eigenvalue weighted by Crippen LogP contribution is -2.30. The summed E-state index contributed by atoms with van der Waals surface area (Å²) < 4.78 is 10.5. The number of hydrogen-bond acceptors (Lipinski definition) is 5. The molecule has 116 valence electrons. The van der Waals surface area contributed by atoms with Crippen LogP contribution in [0.3, 0.4) is 0 Å². The molecular formula is C15H15BrN2O4. The number of nitrogens with zero attached hydrogens (tertiary/aromatic N) is 1. The molecule has 0 radical (unpaired) electrons. The Kier molecular flexibility index (Phi) is 5.32. The summed E-state index contributed by atoms with van der Waals surface area (Å²) in [6.07, 6.45) is 0.0248. The zero-order chi connectivity index (χ0) is 16.1. The van der Waals surface area contributed by atoms with Crippen molar-refractivity contribution in [1.29, 1.82) is 0 Å². The van der Waals surface area contributed by atoms with Crippen LogP contribution in [-0.2, 0) is 9.53 Å². The summed E-state index contributed by atoms with van der Waals surface area (Å²) >= 11 is 3.35. The van der Waals surface area contributed by atoms with Crippen LogP contribution in [0, 0.1) is 6.92 Å². The van der Waals surface area contributed by atoms with Gasteiger partial charge in [0.05, 0.1) is 25.3 Å². The third-order valence-electron chi connectivity index (χ3n) is 3.03. The maximum Gasteiger partial charge on any atom is 0.307 e. The number of carbonyl (C=O) groups excluding carboxylic acids is 2. The molecule has 0 aliphatic carbocycles. The molecular weight excluding hydrogens is 352 g/mol. The number of halogens is 1. The maximum atomic E-state index is 12.2. The standard InChI is InChI=1S/C15H15BrN2O4/c1-9-7-13(22-18-9)15(20)17-12(8-14(19)21-2)10-3-5-11(16)6-4-10/h3-7,12H,8H2,1-2H3,(H,17,20). The second-order valence-corrected chi connectivity index (χ2v) is 5.61. The van der Waals surface area contributed by atoms with Crippen LogP contribution in [0.25, 0.3) is 0 Å². The Morgan fingerprint density at radius 2 is 2.05 bits per heavy atom. The molecule has 1 amide bonds. The minimum Gasteiger partial charge on any atom is -0.469 e. The molecule has 1 unspecified atom stereocenters. The maximum absolute atomic E-state index is 12.2. The monoisotopic (exact) mass is 366 g/mol. The van der Waals surface area contributed by atoms with Crippen molar-refractivity contribution < 1.29 is 18.8 Å².